The molecule has 0 saturated heterocycles. The average molecular weight is 515 g/mol. The van der Waals surface area contributed by atoms with Crippen molar-refractivity contribution in [3.63, 3.8) is 0 Å². The van der Waals surface area contributed by atoms with Gasteiger partial charge in [-0.3, -0.25) is 4.52 Å². The number of allylic oxidation sites excluding steroid dienone is 3. The summed E-state index contributed by atoms with van der Waals surface area (Å²) in [7, 11) is -2.64. The number of benzene rings is 2. The third-order valence-electron chi connectivity index (χ3n) is 6.57. The minimum absolute atomic E-state index is 0.0780. The predicted octanol–water partition coefficient (Wildman–Crippen LogP) is 8.33. The Morgan fingerprint density at radius 2 is 1.94 bits per heavy atom. The van der Waals surface area contributed by atoms with Crippen molar-refractivity contribution in [2.75, 3.05) is 13.9 Å². The van der Waals surface area contributed by atoms with Crippen molar-refractivity contribution in [3.8, 4) is 17.2 Å². The normalized spacial score (nSPS) is 19.3. The number of hydrogen-bond acceptors (Lipinski definition) is 6. The molecule has 0 fully saturated rings. The first kappa shape index (κ1) is 28.0. The van der Waals surface area contributed by atoms with E-state index in [2.05, 4.69) is 26.5 Å². The molecule has 1 N–H and O–H groups in total. The summed E-state index contributed by atoms with van der Waals surface area (Å²) in [5, 5.41) is 11.2. The number of para-hydroxylation sites is 1. The summed E-state index contributed by atoms with van der Waals surface area (Å²) < 4.78 is 35.1. The molecule has 1 aliphatic rings. The highest BCUT2D eigenvalue weighted by atomic mass is 31.2. The summed E-state index contributed by atoms with van der Waals surface area (Å²) in [4.78, 5) is 0. The molecule has 0 radical (unpaired) electrons. The van der Waals surface area contributed by atoms with E-state index >= 15 is 0 Å². The van der Waals surface area contributed by atoms with Crippen LogP contribution in [0.15, 0.2) is 66.3 Å². The second-order valence-corrected chi connectivity index (χ2v) is 11.1. The first-order chi connectivity index (χ1) is 17.3. The summed E-state index contributed by atoms with van der Waals surface area (Å²) >= 11 is 0. The summed E-state index contributed by atoms with van der Waals surface area (Å²) in [6.45, 7) is 10.1. The van der Waals surface area contributed by atoms with Crippen LogP contribution in [0.5, 0.6) is 17.2 Å². The van der Waals surface area contributed by atoms with Crippen LogP contribution in [-0.4, -0.2) is 19.0 Å². The Kier molecular flexibility index (Phi) is 10.2. The van der Waals surface area contributed by atoms with Crippen LogP contribution in [0.2, 0.25) is 0 Å². The summed E-state index contributed by atoms with van der Waals surface area (Å²) in [5.74, 6) is 1.17. The lowest BCUT2D eigenvalue weighted by Crippen LogP contribution is -2.18. The molecule has 3 atom stereocenters. The number of phenolic OH excluding ortho intramolecular Hbond substituents is 1. The fraction of sp³-hybridized carbons (Fsp3) is 0.448. The Morgan fingerprint density at radius 1 is 1.19 bits per heavy atom. The quantitative estimate of drug-likeness (QED) is 0.125. The van der Waals surface area contributed by atoms with Crippen molar-refractivity contribution in [3.05, 3.63) is 77.4 Å². The molecule has 2 aromatic rings. The zero-order chi connectivity index (χ0) is 26.1. The molecule has 0 bridgehead atoms. The topological polar surface area (TPSA) is 74.2 Å². The number of aryl methyl sites for hydroxylation is 1. The highest BCUT2D eigenvalue weighted by Crippen LogP contribution is 2.50. The molecule has 0 amide bonds. The maximum Gasteiger partial charge on any atom is 0.532 e. The molecule has 0 heterocycles. The van der Waals surface area contributed by atoms with Crippen molar-refractivity contribution < 1.29 is 28.0 Å². The van der Waals surface area contributed by atoms with Gasteiger partial charge >= 0.3 is 7.82 Å². The number of ether oxygens (including phenoxy) is 1. The van der Waals surface area contributed by atoms with Gasteiger partial charge in [0.15, 0.2) is 0 Å². The molecule has 0 spiro atoms. The van der Waals surface area contributed by atoms with E-state index in [-0.39, 0.29) is 24.4 Å². The lowest BCUT2D eigenvalue weighted by Gasteiger charge is -2.32. The van der Waals surface area contributed by atoms with Crippen LogP contribution in [0.4, 0.5) is 0 Å². The zero-order valence-corrected chi connectivity index (χ0v) is 22.8. The van der Waals surface area contributed by atoms with Gasteiger partial charge in [-0.1, -0.05) is 61.8 Å². The van der Waals surface area contributed by atoms with E-state index in [0.29, 0.717) is 17.1 Å². The van der Waals surface area contributed by atoms with Crippen molar-refractivity contribution in [1.29, 1.82) is 0 Å². The molecule has 0 saturated carbocycles. The molecule has 3 rings (SSSR count). The van der Waals surface area contributed by atoms with Crippen molar-refractivity contribution >= 4 is 7.82 Å². The van der Waals surface area contributed by atoms with E-state index < -0.39 is 7.82 Å². The SMILES string of the molecule is C=C(C)C1CCC(C)=CC1c1c(O)cc(CCCCC)cc1OCOP(=O)(OC)Oc1ccccc1. The zero-order valence-electron chi connectivity index (χ0n) is 21.9. The first-order valence-corrected chi connectivity index (χ1v) is 14.1. The van der Waals surface area contributed by atoms with Gasteiger partial charge in [-0.05, 0) is 75.3 Å². The molecule has 6 nitrogen and oxygen atoms in total. The van der Waals surface area contributed by atoms with Crippen LogP contribution >= 0.6 is 7.82 Å². The predicted molar refractivity (Wildman–Crippen MR) is 144 cm³/mol. The molecule has 7 heteroatoms. The van der Waals surface area contributed by atoms with Gasteiger partial charge < -0.3 is 14.4 Å². The molecular formula is C29H39O6P. The summed E-state index contributed by atoms with van der Waals surface area (Å²) in [5.41, 5.74) is 4.02. The minimum Gasteiger partial charge on any atom is -0.507 e. The third kappa shape index (κ3) is 7.49. The third-order valence-corrected chi connectivity index (χ3v) is 7.88. The minimum atomic E-state index is -3.90. The Labute approximate surface area is 215 Å². The van der Waals surface area contributed by atoms with E-state index in [0.717, 1.165) is 49.7 Å². The van der Waals surface area contributed by atoms with Crippen molar-refractivity contribution in [1.82, 2.24) is 0 Å². The monoisotopic (exact) mass is 514 g/mol. The second-order valence-electron chi connectivity index (χ2n) is 9.44. The number of hydrogen-bond donors (Lipinski definition) is 1. The van der Waals surface area contributed by atoms with Crippen LogP contribution in [-0.2, 0) is 20.0 Å². The lowest BCUT2D eigenvalue weighted by molar-refractivity contribution is 0.0769. The fourth-order valence-electron chi connectivity index (χ4n) is 4.63. The van der Waals surface area contributed by atoms with Crippen LogP contribution in [0.25, 0.3) is 0 Å². The highest BCUT2D eigenvalue weighted by Gasteiger charge is 2.32. The first-order valence-electron chi connectivity index (χ1n) is 12.6. The van der Waals surface area contributed by atoms with Gasteiger partial charge in [0.2, 0.25) is 6.79 Å². The standard InChI is InChI=1S/C29H39O6P/c1-6-7-9-12-23-18-27(30)29(26-17-22(4)15-16-25(26)21(2)3)28(19-23)33-20-34-36(31,32-5)35-24-13-10-8-11-14-24/h8,10-11,13-14,17-19,25-26,30H,2,6-7,9,12,15-16,20H2,1,3-5H3. The van der Waals surface area contributed by atoms with Gasteiger partial charge in [0.25, 0.3) is 0 Å². The number of unbranched alkanes of at least 4 members (excludes halogenated alkanes) is 2. The van der Waals surface area contributed by atoms with Gasteiger partial charge in [-0.15, -0.1) is 0 Å². The van der Waals surface area contributed by atoms with Gasteiger partial charge in [0.1, 0.15) is 17.2 Å². The maximum atomic E-state index is 13.0. The summed E-state index contributed by atoms with van der Waals surface area (Å²) in [6.07, 6.45) is 8.22. The van der Waals surface area contributed by atoms with Crippen LogP contribution in [0.3, 0.4) is 0 Å². The fourth-order valence-corrected chi connectivity index (χ4v) is 5.43. The van der Waals surface area contributed by atoms with Gasteiger partial charge in [0.05, 0.1) is 0 Å². The van der Waals surface area contributed by atoms with E-state index in [4.69, 9.17) is 18.3 Å². The largest absolute Gasteiger partial charge is 0.532 e. The molecule has 2 aromatic carbocycles. The molecule has 1 aliphatic carbocycles. The number of rotatable bonds is 13. The number of phosphoric ester groups is 1. The van der Waals surface area contributed by atoms with Gasteiger partial charge in [-0.2, -0.15) is 0 Å². The number of phenols is 1. The molecule has 0 aliphatic heterocycles. The number of aromatic hydroxyl groups is 1. The molecule has 3 unspecified atom stereocenters. The lowest BCUT2D eigenvalue weighted by atomic mass is 9.73. The van der Waals surface area contributed by atoms with E-state index in [1.165, 1.54) is 12.7 Å². The summed E-state index contributed by atoms with van der Waals surface area (Å²) in [6, 6.07) is 12.5. The Balaban J connectivity index is 1.88. The van der Waals surface area contributed by atoms with Crippen LogP contribution in [0.1, 0.15) is 69.9 Å². The van der Waals surface area contributed by atoms with Crippen molar-refractivity contribution in [2.24, 2.45) is 5.92 Å². The second kappa shape index (κ2) is 13.1. The number of phosphoric acid groups is 1. The molecule has 0 aromatic heterocycles. The molecule has 196 valence electrons. The maximum absolute atomic E-state index is 13.0. The van der Waals surface area contributed by atoms with Crippen molar-refractivity contribution in [2.45, 2.75) is 65.2 Å². The van der Waals surface area contributed by atoms with Crippen LogP contribution in [0, 0.1) is 5.92 Å². The van der Waals surface area contributed by atoms with Gasteiger partial charge in [0, 0.05) is 18.6 Å². The van der Waals surface area contributed by atoms with Gasteiger partial charge in [-0.25, -0.2) is 9.09 Å². The Hall–Kier alpha value is -2.53. The molecule has 36 heavy (non-hydrogen) atoms. The average Bonchev–Trinajstić information content (AvgIpc) is 2.84. The van der Waals surface area contributed by atoms with E-state index in [9.17, 15) is 9.67 Å². The Morgan fingerprint density at radius 3 is 2.61 bits per heavy atom. The smallest absolute Gasteiger partial charge is 0.507 e. The van der Waals surface area contributed by atoms with E-state index in [1.807, 2.05) is 25.1 Å². The molecular weight excluding hydrogens is 475 g/mol. The Bertz CT molecular complexity index is 1090. The van der Waals surface area contributed by atoms with Crippen LogP contribution < -0.4 is 9.26 Å². The highest BCUT2D eigenvalue weighted by molar-refractivity contribution is 7.48. The van der Waals surface area contributed by atoms with E-state index in [1.54, 1.807) is 24.3 Å².